The molecule has 7 rings (SSSR count). The smallest absolute Gasteiger partial charge is 0.335 e. The quantitative estimate of drug-likeness (QED) is 0.0641. The summed E-state index contributed by atoms with van der Waals surface area (Å²) in [5.74, 6) is -2.93. The molecule has 370 valence electrons. The summed E-state index contributed by atoms with van der Waals surface area (Å²) in [4.78, 5) is 25.6. The third-order valence-electron chi connectivity index (χ3n) is 18.6. The number of carboxylic acid groups (broad SMARTS) is 1. The van der Waals surface area contributed by atoms with E-state index in [1.165, 1.54) is 0 Å². The van der Waals surface area contributed by atoms with Crippen molar-refractivity contribution >= 4 is 11.9 Å². The molecule has 22 unspecified atom stereocenters. The van der Waals surface area contributed by atoms with E-state index in [0.29, 0.717) is 44.1 Å². The highest BCUT2D eigenvalue weighted by Crippen LogP contribution is 2.76. The summed E-state index contributed by atoms with van der Waals surface area (Å²) in [6.45, 7) is 16.1. The van der Waals surface area contributed by atoms with Gasteiger partial charge < -0.3 is 79.9 Å². The molecule has 18 nitrogen and oxygen atoms in total. The van der Waals surface area contributed by atoms with Crippen molar-refractivity contribution in [2.24, 2.45) is 50.2 Å². The van der Waals surface area contributed by atoms with Crippen molar-refractivity contribution in [3.05, 3.63) is 23.3 Å². The van der Waals surface area contributed by atoms with Gasteiger partial charge in [0.15, 0.2) is 18.7 Å². The monoisotopic (exact) mass is 926 g/mol. The number of fused-ring (bicyclic) bond motifs is 7. The number of allylic oxidation sites excluding steroid dienone is 2. The van der Waals surface area contributed by atoms with E-state index in [0.717, 1.165) is 5.57 Å². The summed E-state index contributed by atoms with van der Waals surface area (Å²) in [5, 5.41) is 122. The lowest BCUT2D eigenvalue weighted by Crippen LogP contribution is -2.76. The Morgan fingerprint density at radius 1 is 0.785 bits per heavy atom. The Bertz CT molecular complexity index is 1870. The van der Waals surface area contributed by atoms with Crippen molar-refractivity contribution in [3.63, 3.8) is 0 Å². The molecule has 2 saturated heterocycles. The van der Waals surface area contributed by atoms with Gasteiger partial charge >= 0.3 is 11.9 Å². The predicted molar refractivity (Wildman–Crippen MR) is 227 cm³/mol. The Hall–Kier alpha value is -2.14. The number of aliphatic hydroxyl groups excluding tert-OH is 10. The maximum atomic E-state index is 13.3. The summed E-state index contributed by atoms with van der Waals surface area (Å²) in [6, 6.07) is 0. The van der Waals surface area contributed by atoms with Crippen LogP contribution in [0.1, 0.15) is 101 Å². The topological polar surface area (TPSA) is 303 Å². The first-order chi connectivity index (χ1) is 30.2. The van der Waals surface area contributed by atoms with Crippen molar-refractivity contribution in [2.45, 2.75) is 193 Å². The Balaban J connectivity index is 1.20. The zero-order chi connectivity index (χ0) is 48.3. The average Bonchev–Trinajstić information content (AvgIpc) is 3.25. The highest BCUT2D eigenvalue weighted by Gasteiger charge is 2.76. The molecular formula is C47H74O18. The molecule has 22 atom stereocenters. The number of carboxylic acids is 1. The molecule has 5 aliphatic carbocycles. The van der Waals surface area contributed by atoms with E-state index in [1.54, 1.807) is 19.9 Å². The van der Waals surface area contributed by atoms with Gasteiger partial charge in [-0.3, -0.25) is 0 Å². The zero-order valence-electron chi connectivity index (χ0n) is 39.0. The number of carbonyl (C=O) groups is 2. The molecule has 0 aromatic carbocycles. The van der Waals surface area contributed by atoms with Crippen molar-refractivity contribution in [2.75, 3.05) is 13.2 Å². The summed E-state index contributed by atoms with van der Waals surface area (Å²) in [6.07, 6.45) is -17.1. The fraction of sp³-hybridized carbons (Fsp3) is 0.872. The highest BCUT2D eigenvalue weighted by molar-refractivity contribution is 5.87. The van der Waals surface area contributed by atoms with E-state index in [2.05, 4.69) is 19.9 Å². The molecule has 0 bridgehead atoms. The summed E-state index contributed by atoms with van der Waals surface area (Å²) >= 11 is 0. The van der Waals surface area contributed by atoms with Crippen molar-refractivity contribution < 1.29 is 89.4 Å². The minimum atomic E-state index is -2.00. The van der Waals surface area contributed by atoms with Crippen LogP contribution >= 0.6 is 0 Å². The molecule has 0 spiro atoms. The van der Waals surface area contributed by atoms with E-state index < -0.39 is 155 Å². The number of rotatable bonds is 9. The van der Waals surface area contributed by atoms with E-state index in [1.807, 2.05) is 34.6 Å². The maximum absolute atomic E-state index is 13.3. The lowest BCUT2D eigenvalue weighted by Gasteiger charge is -2.73. The van der Waals surface area contributed by atoms with E-state index in [-0.39, 0.29) is 11.8 Å². The molecule has 11 N–H and O–H groups in total. The maximum Gasteiger partial charge on any atom is 0.335 e. The van der Waals surface area contributed by atoms with Gasteiger partial charge in [-0.2, -0.15) is 0 Å². The number of ether oxygens (including phenoxy) is 5. The minimum Gasteiger partial charge on any atom is -0.479 e. The van der Waals surface area contributed by atoms with Crippen molar-refractivity contribution in [3.8, 4) is 0 Å². The Morgan fingerprint density at radius 3 is 2.05 bits per heavy atom. The van der Waals surface area contributed by atoms with Crippen LogP contribution in [0, 0.1) is 50.2 Å². The molecule has 0 amide bonds. The number of esters is 1. The molecule has 4 saturated carbocycles. The molecule has 18 heteroatoms. The second-order valence-corrected chi connectivity index (χ2v) is 22.3. The SMILES string of the molecule is CC=C(C)C(=O)OC1C(O)C(C)(C)CC2C3=CCC4C5(C)CCC(OC6OC(C(=O)O)C(O)C(O)C6OC6OC(CO)C(O)C(O)C6O)C(C)(C)C5CCC4(C)C3(C)C(O)C(O)C21CO. The Labute approximate surface area is 380 Å². The van der Waals surface area contributed by atoms with Crippen LogP contribution in [0.2, 0.25) is 0 Å². The summed E-state index contributed by atoms with van der Waals surface area (Å²) in [7, 11) is 0. The van der Waals surface area contributed by atoms with Gasteiger partial charge in [-0.1, -0.05) is 66.2 Å². The molecule has 65 heavy (non-hydrogen) atoms. The van der Waals surface area contributed by atoms with Crippen LogP contribution in [-0.4, -0.2) is 173 Å². The molecule has 2 heterocycles. The lowest BCUT2D eigenvalue weighted by molar-refractivity contribution is -0.374. The second kappa shape index (κ2) is 17.4. The molecule has 7 aliphatic rings. The normalized spacial score (nSPS) is 51.6. The number of hydrogen-bond donors (Lipinski definition) is 11. The van der Waals surface area contributed by atoms with Gasteiger partial charge in [0.2, 0.25) is 0 Å². The molecule has 6 fully saturated rings. The molecule has 2 aliphatic heterocycles. The first-order valence-electron chi connectivity index (χ1n) is 23.2. The van der Waals surface area contributed by atoms with Gasteiger partial charge in [0, 0.05) is 11.0 Å². The number of hydrogen-bond acceptors (Lipinski definition) is 17. The van der Waals surface area contributed by atoms with Crippen LogP contribution in [0.25, 0.3) is 0 Å². The molecular weight excluding hydrogens is 852 g/mol. The van der Waals surface area contributed by atoms with Gasteiger partial charge in [-0.15, -0.1) is 0 Å². The van der Waals surface area contributed by atoms with Crippen LogP contribution in [0.4, 0.5) is 0 Å². The van der Waals surface area contributed by atoms with Gasteiger partial charge in [0.05, 0.1) is 43.0 Å². The van der Waals surface area contributed by atoms with Crippen LogP contribution < -0.4 is 0 Å². The van der Waals surface area contributed by atoms with E-state index in [9.17, 15) is 65.8 Å². The number of carbonyl (C=O) groups excluding carboxylic acids is 1. The summed E-state index contributed by atoms with van der Waals surface area (Å²) < 4.78 is 30.0. The van der Waals surface area contributed by atoms with Gasteiger partial charge in [0.1, 0.15) is 48.8 Å². The third kappa shape index (κ3) is 7.33. The van der Waals surface area contributed by atoms with Crippen molar-refractivity contribution in [1.29, 1.82) is 0 Å². The first kappa shape index (κ1) is 50.7. The standard InChI is InChI=1S/C47H74O18/c1-10-20(2)39(60)65-37-36(57)42(3,4)17-22-21-11-12-25-44(7)15-14-26(43(5,6)24(44)13-16-45(25,8)46(21,9)34(55)35(56)47(22,37)19-49)62-41-33(30(53)29(52)32(63-41)38(58)59)64-40-31(54)28(51)27(50)23(18-48)61-40/h10-11,22-37,40-41,48-57H,12-19H2,1-9H3,(H,58,59). The van der Waals surface area contributed by atoms with E-state index >= 15 is 0 Å². The fourth-order valence-corrected chi connectivity index (χ4v) is 14.4. The van der Waals surface area contributed by atoms with Gasteiger partial charge in [-0.05, 0) is 91.8 Å². The van der Waals surface area contributed by atoms with Crippen LogP contribution in [-0.2, 0) is 33.3 Å². The predicted octanol–water partition coefficient (Wildman–Crippen LogP) is 0.282. The van der Waals surface area contributed by atoms with Gasteiger partial charge in [-0.25, -0.2) is 9.59 Å². The first-order valence-corrected chi connectivity index (χ1v) is 23.2. The Morgan fingerprint density at radius 2 is 1.45 bits per heavy atom. The summed E-state index contributed by atoms with van der Waals surface area (Å²) in [5.41, 5.74) is -3.96. The number of aliphatic hydroxyl groups is 10. The van der Waals surface area contributed by atoms with Crippen LogP contribution in [0.3, 0.4) is 0 Å². The molecule has 0 radical (unpaired) electrons. The van der Waals surface area contributed by atoms with Gasteiger partial charge in [0.25, 0.3) is 0 Å². The van der Waals surface area contributed by atoms with Crippen LogP contribution in [0.5, 0.6) is 0 Å². The average molecular weight is 927 g/mol. The zero-order valence-corrected chi connectivity index (χ0v) is 39.0. The molecule has 0 aromatic rings. The Kier molecular flexibility index (Phi) is 13.6. The largest absolute Gasteiger partial charge is 0.479 e. The molecule has 0 aromatic heterocycles. The van der Waals surface area contributed by atoms with Crippen LogP contribution in [0.15, 0.2) is 23.3 Å². The van der Waals surface area contributed by atoms with E-state index in [4.69, 9.17) is 23.7 Å². The second-order valence-electron chi connectivity index (χ2n) is 22.3. The highest BCUT2D eigenvalue weighted by atomic mass is 16.8. The number of aliphatic carboxylic acids is 1. The lowest BCUT2D eigenvalue weighted by atomic mass is 9.32. The fourth-order valence-electron chi connectivity index (χ4n) is 14.4. The van der Waals surface area contributed by atoms with Crippen molar-refractivity contribution in [1.82, 2.24) is 0 Å². The minimum absolute atomic E-state index is 0.0471. The third-order valence-corrected chi connectivity index (χ3v) is 18.6.